The summed E-state index contributed by atoms with van der Waals surface area (Å²) in [6.07, 6.45) is 9.99. The zero-order chi connectivity index (χ0) is 27.3. The number of hydrogen-bond acceptors (Lipinski definition) is 5. The van der Waals surface area contributed by atoms with Crippen LogP contribution in [0, 0.1) is 5.92 Å². The predicted molar refractivity (Wildman–Crippen MR) is 142 cm³/mol. The Bertz CT molecular complexity index is 878. The Hall–Kier alpha value is -3.23. The molecule has 0 aliphatic rings. The fourth-order valence-electron chi connectivity index (χ4n) is 3.93. The zero-order valence-electron chi connectivity index (χ0n) is 21.4. The first kappa shape index (κ1) is 31.8. The fourth-order valence-corrected chi connectivity index (χ4v) is 3.93. The van der Waals surface area contributed by atoms with E-state index in [0.717, 1.165) is 50.6 Å². The number of benzene rings is 2. The standard InChI is InChI=1S/C27H39NO3.C2H2O4/c29-26(24-16-11-7-12-17-24)22-28-21-13-5-3-1-2-4-10-18-25(27(30)31)20-19-23-14-8-6-9-15-23;3-1(4)2(5)6/h6-9,11-12,14-17,25-26,28-29H,1-5,10,13,18-22H2,(H,30,31);(H,3,4)(H,5,6). The zero-order valence-corrected chi connectivity index (χ0v) is 21.4. The van der Waals surface area contributed by atoms with Crippen LogP contribution < -0.4 is 5.32 Å². The van der Waals surface area contributed by atoms with Gasteiger partial charge in [-0.3, -0.25) is 4.79 Å². The molecule has 204 valence electrons. The second-order valence-corrected chi connectivity index (χ2v) is 9.06. The van der Waals surface area contributed by atoms with Gasteiger partial charge in [-0.1, -0.05) is 99.2 Å². The summed E-state index contributed by atoms with van der Waals surface area (Å²) in [5.74, 6) is -4.52. The van der Waals surface area contributed by atoms with E-state index in [9.17, 15) is 15.0 Å². The van der Waals surface area contributed by atoms with Crippen molar-refractivity contribution in [3.63, 3.8) is 0 Å². The molecule has 0 saturated carbocycles. The Balaban J connectivity index is 0.00000102. The van der Waals surface area contributed by atoms with E-state index in [1.807, 2.05) is 48.5 Å². The van der Waals surface area contributed by atoms with Crippen LogP contribution in [0.1, 0.15) is 75.0 Å². The first-order valence-corrected chi connectivity index (χ1v) is 13.0. The average molecular weight is 516 g/mol. The predicted octanol–water partition coefficient (Wildman–Crippen LogP) is 4.92. The molecule has 2 atom stereocenters. The van der Waals surface area contributed by atoms with Gasteiger partial charge in [0.2, 0.25) is 0 Å². The summed E-state index contributed by atoms with van der Waals surface area (Å²) in [6.45, 7) is 1.53. The number of carbonyl (C=O) groups is 3. The van der Waals surface area contributed by atoms with E-state index in [0.29, 0.717) is 6.54 Å². The van der Waals surface area contributed by atoms with Crippen LogP contribution in [-0.4, -0.2) is 51.4 Å². The van der Waals surface area contributed by atoms with Crippen molar-refractivity contribution in [2.75, 3.05) is 13.1 Å². The summed E-state index contributed by atoms with van der Waals surface area (Å²) in [6, 6.07) is 19.9. The molecule has 0 amide bonds. The molecular weight excluding hydrogens is 474 g/mol. The van der Waals surface area contributed by atoms with Crippen LogP contribution in [0.5, 0.6) is 0 Å². The summed E-state index contributed by atoms with van der Waals surface area (Å²) in [5.41, 5.74) is 2.18. The minimum Gasteiger partial charge on any atom is -0.481 e. The topological polar surface area (TPSA) is 144 Å². The van der Waals surface area contributed by atoms with E-state index in [-0.39, 0.29) is 5.92 Å². The Morgan fingerprint density at radius 3 is 1.73 bits per heavy atom. The molecule has 0 fully saturated rings. The van der Waals surface area contributed by atoms with Crippen LogP contribution in [0.25, 0.3) is 0 Å². The van der Waals surface area contributed by atoms with Gasteiger partial charge in [0.05, 0.1) is 12.0 Å². The monoisotopic (exact) mass is 515 g/mol. The van der Waals surface area contributed by atoms with Crippen LogP contribution in [0.2, 0.25) is 0 Å². The highest BCUT2D eigenvalue weighted by Gasteiger charge is 2.16. The van der Waals surface area contributed by atoms with E-state index in [1.165, 1.54) is 31.2 Å². The van der Waals surface area contributed by atoms with Gasteiger partial charge >= 0.3 is 17.9 Å². The van der Waals surface area contributed by atoms with Crippen molar-refractivity contribution in [3.8, 4) is 0 Å². The van der Waals surface area contributed by atoms with Crippen molar-refractivity contribution >= 4 is 17.9 Å². The number of carboxylic acid groups (broad SMARTS) is 3. The van der Waals surface area contributed by atoms with Gasteiger partial charge in [0.25, 0.3) is 0 Å². The fraction of sp³-hybridized carbons (Fsp3) is 0.483. The van der Waals surface area contributed by atoms with Gasteiger partial charge in [-0.05, 0) is 43.4 Å². The summed E-state index contributed by atoms with van der Waals surface area (Å²) in [4.78, 5) is 29.7. The molecule has 0 bridgehead atoms. The number of aryl methyl sites for hydroxylation is 1. The van der Waals surface area contributed by atoms with Crippen molar-refractivity contribution in [2.45, 2.75) is 70.3 Å². The number of rotatable bonds is 17. The number of aliphatic hydroxyl groups excluding tert-OH is 1. The molecule has 0 aromatic heterocycles. The lowest BCUT2D eigenvalue weighted by atomic mass is 9.94. The molecule has 0 radical (unpaired) electrons. The van der Waals surface area contributed by atoms with Crippen LogP contribution >= 0.6 is 0 Å². The van der Waals surface area contributed by atoms with Crippen molar-refractivity contribution in [3.05, 3.63) is 71.8 Å². The lowest BCUT2D eigenvalue weighted by molar-refractivity contribution is -0.159. The van der Waals surface area contributed by atoms with Crippen LogP contribution in [0.4, 0.5) is 0 Å². The molecule has 37 heavy (non-hydrogen) atoms. The molecule has 2 aromatic rings. The van der Waals surface area contributed by atoms with Gasteiger partial charge < -0.3 is 25.7 Å². The van der Waals surface area contributed by atoms with Gasteiger partial charge in [0.15, 0.2) is 0 Å². The Morgan fingerprint density at radius 1 is 0.676 bits per heavy atom. The lowest BCUT2D eigenvalue weighted by Gasteiger charge is -2.12. The lowest BCUT2D eigenvalue weighted by Crippen LogP contribution is -2.22. The van der Waals surface area contributed by atoms with Crippen LogP contribution in [0.15, 0.2) is 60.7 Å². The number of unbranched alkanes of at least 4 members (excludes halogenated alkanes) is 6. The molecule has 2 rings (SSSR count). The molecule has 0 spiro atoms. The van der Waals surface area contributed by atoms with Gasteiger partial charge in [0.1, 0.15) is 0 Å². The average Bonchev–Trinajstić information content (AvgIpc) is 2.90. The highest BCUT2D eigenvalue weighted by molar-refractivity contribution is 6.27. The Labute approximate surface area is 219 Å². The highest BCUT2D eigenvalue weighted by atomic mass is 16.4. The number of carboxylic acids is 3. The van der Waals surface area contributed by atoms with Gasteiger partial charge in [0, 0.05) is 6.54 Å². The normalized spacial score (nSPS) is 12.1. The molecule has 8 nitrogen and oxygen atoms in total. The van der Waals surface area contributed by atoms with Gasteiger partial charge in [-0.2, -0.15) is 0 Å². The Morgan fingerprint density at radius 2 is 1.19 bits per heavy atom. The molecule has 0 aliphatic carbocycles. The molecule has 0 heterocycles. The molecule has 8 heteroatoms. The SMILES string of the molecule is O=C(O)C(=O)O.O=C(O)C(CCCCCCCCCNCC(O)c1ccccc1)CCc1ccccc1. The molecule has 2 aromatic carbocycles. The summed E-state index contributed by atoms with van der Waals surface area (Å²) >= 11 is 0. The van der Waals surface area contributed by atoms with Crippen molar-refractivity contribution in [1.82, 2.24) is 5.32 Å². The second-order valence-electron chi connectivity index (χ2n) is 9.06. The third kappa shape index (κ3) is 16.2. The molecular formula is C29H41NO7. The minimum absolute atomic E-state index is 0.225. The maximum atomic E-state index is 11.5. The maximum absolute atomic E-state index is 11.5. The summed E-state index contributed by atoms with van der Waals surface area (Å²) < 4.78 is 0. The van der Waals surface area contributed by atoms with Gasteiger partial charge in [-0.25, -0.2) is 9.59 Å². The number of nitrogens with one attached hydrogen (secondary N) is 1. The van der Waals surface area contributed by atoms with E-state index in [1.54, 1.807) is 0 Å². The number of aliphatic carboxylic acids is 3. The quantitative estimate of drug-likeness (QED) is 0.147. The minimum atomic E-state index is -1.82. The molecule has 0 aliphatic heterocycles. The molecule has 2 unspecified atom stereocenters. The highest BCUT2D eigenvalue weighted by Crippen LogP contribution is 2.18. The summed E-state index contributed by atoms with van der Waals surface area (Å²) in [5, 5.41) is 37.7. The maximum Gasteiger partial charge on any atom is 0.414 e. The first-order valence-electron chi connectivity index (χ1n) is 13.0. The Kier molecular flexibility index (Phi) is 17.1. The molecule has 0 saturated heterocycles. The summed E-state index contributed by atoms with van der Waals surface area (Å²) in [7, 11) is 0. The number of hydrogen-bond donors (Lipinski definition) is 5. The third-order valence-corrected chi connectivity index (χ3v) is 6.08. The van der Waals surface area contributed by atoms with E-state index >= 15 is 0 Å². The van der Waals surface area contributed by atoms with Crippen molar-refractivity contribution in [2.24, 2.45) is 5.92 Å². The van der Waals surface area contributed by atoms with Crippen LogP contribution in [-0.2, 0) is 20.8 Å². The number of aliphatic hydroxyl groups is 1. The molecule has 5 N–H and O–H groups in total. The van der Waals surface area contributed by atoms with Gasteiger partial charge in [-0.15, -0.1) is 0 Å². The van der Waals surface area contributed by atoms with E-state index < -0.39 is 24.0 Å². The second kappa shape index (κ2) is 19.9. The first-order chi connectivity index (χ1) is 17.8. The smallest absolute Gasteiger partial charge is 0.414 e. The van der Waals surface area contributed by atoms with E-state index in [2.05, 4.69) is 17.4 Å². The van der Waals surface area contributed by atoms with Crippen molar-refractivity contribution in [1.29, 1.82) is 0 Å². The van der Waals surface area contributed by atoms with E-state index in [4.69, 9.17) is 19.8 Å². The largest absolute Gasteiger partial charge is 0.481 e. The third-order valence-electron chi connectivity index (χ3n) is 6.08. The van der Waals surface area contributed by atoms with Crippen molar-refractivity contribution < 1.29 is 34.8 Å². The van der Waals surface area contributed by atoms with Crippen LogP contribution in [0.3, 0.4) is 0 Å².